The molecule has 33 heavy (non-hydrogen) atoms. The zero-order valence-corrected chi connectivity index (χ0v) is 20.0. The van der Waals surface area contributed by atoms with Gasteiger partial charge in [0, 0.05) is 32.2 Å². The topological polar surface area (TPSA) is 55.8 Å². The van der Waals surface area contributed by atoms with Gasteiger partial charge < -0.3 is 20.2 Å². The molecule has 0 radical (unpaired) electrons. The highest BCUT2D eigenvalue weighted by molar-refractivity contribution is 5.93. The molecule has 0 saturated carbocycles. The Hall–Kier alpha value is -2.89. The Balaban J connectivity index is 1.77. The predicted molar refractivity (Wildman–Crippen MR) is 135 cm³/mol. The van der Waals surface area contributed by atoms with Crippen LogP contribution in [0.15, 0.2) is 73.1 Å². The largest absolute Gasteiger partial charge is 0.395 e. The molecule has 1 aliphatic heterocycles. The molecule has 2 aromatic rings. The van der Waals surface area contributed by atoms with Gasteiger partial charge in [0.1, 0.15) is 5.70 Å². The van der Waals surface area contributed by atoms with Crippen LogP contribution >= 0.6 is 0 Å². The van der Waals surface area contributed by atoms with E-state index in [0.29, 0.717) is 37.9 Å². The van der Waals surface area contributed by atoms with E-state index in [4.69, 9.17) is 5.11 Å². The van der Waals surface area contributed by atoms with E-state index in [1.165, 1.54) is 16.7 Å². The summed E-state index contributed by atoms with van der Waals surface area (Å²) in [4.78, 5) is 17.4. The van der Waals surface area contributed by atoms with Crippen LogP contribution in [0, 0.1) is 6.92 Å². The van der Waals surface area contributed by atoms with E-state index < -0.39 is 0 Å². The van der Waals surface area contributed by atoms with Gasteiger partial charge in [-0.15, -0.1) is 0 Å². The lowest BCUT2D eigenvalue weighted by Crippen LogP contribution is -2.47. The summed E-state index contributed by atoms with van der Waals surface area (Å²) >= 11 is 0. The third-order valence-corrected chi connectivity index (χ3v) is 6.19. The number of aryl methyl sites for hydroxylation is 1. The second-order valence-corrected chi connectivity index (χ2v) is 8.58. The fourth-order valence-electron chi connectivity index (χ4n) is 4.34. The molecule has 3 rings (SSSR count). The maximum absolute atomic E-state index is 13.5. The molecule has 1 amide bonds. The molecule has 0 aliphatic carbocycles. The number of rotatable bonds is 10. The Morgan fingerprint density at radius 3 is 2.52 bits per heavy atom. The molecule has 0 aromatic heterocycles. The predicted octanol–water partition coefficient (Wildman–Crippen LogP) is 4.47. The van der Waals surface area contributed by atoms with E-state index in [-0.39, 0.29) is 12.5 Å². The number of carbonyl (C=O) groups excluding carboxylic acids is 1. The fourth-order valence-corrected chi connectivity index (χ4v) is 4.34. The van der Waals surface area contributed by atoms with Crippen LogP contribution in [0.2, 0.25) is 0 Å². The van der Waals surface area contributed by atoms with Crippen LogP contribution in [-0.4, -0.2) is 53.1 Å². The molecule has 0 spiro atoms. The second kappa shape index (κ2) is 12.4. The third kappa shape index (κ3) is 6.56. The van der Waals surface area contributed by atoms with Crippen LogP contribution in [-0.2, 0) is 11.3 Å². The first kappa shape index (κ1) is 24.7. The molecule has 1 saturated heterocycles. The van der Waals surface area contributed by atoms with Crippen molar-refractivity contribution in [2.45, 2.75) is 45.7 Å². The van der Waals surface area contributed by atoms with Crippen molar-refractivity contribution >= 4 is 5.91 Å². The van der Waals surface area contributed by atoms with E-state index in [2.05, 4.69) is 68.2 Å². The summed E-state index contributed by atoms with van der Waals surface area (Å²) in [5.41, 5.74) is 5.42. The standard InChI is InChI=1S/C28H37N3O2/c1-4-8-27(28(33)31-18-15-25(16-19-31)29-17-20-32)30(5-2)21-24-9-6-7-10-26(24)23-13-11-22(3)12-14-23/h5-14,25,29,32H,2,4,15-21H2,1,3H3/b27-8-. The molecule has 176 valence electrons. The summed E-state index contributed by atoms with van der Waals surface area (Å²) in [5.74, 6) is 0.0603. The van der Waals surface area contributed by atoms with Crippen LogP contribution in [0.25, 0.3) is 11.1 Å². The number of benzene rings is 2. The Morgan fingerprint density at radius 2 is 1.88 bits per heavy atom. The fraction of sp³-hybridized carbons (Fsp3) is 0.393. The quantitative estimate of drug-likeness (QED) is 0.528. The summed E-state index contributed by atoms with van der Waals surface area (Å²) in [6.45, 7) is 10.9. The van der Waals surface area contributed by atoms with E-state index in [0.717, 1.165) is 24.8 Å². The number of nitrogens with zero attached hydrogens (tertiary/aromatic N) is 2. The molecular weight excluding hydrogens is 410 g/mol. The SMILES string of the molecule is C=CN(Cc1ccccc1-c1ccc(C)cc1)/C(=C\CC)C(=O)N1CCC(NCCO)CC1. The van der Waals surface area contributed by atoms with E-state index in [9.17, 15) is 4.79 Å². The van der Waals surface area contributed by atoms with Crippen molar-refractivity contribution in [3.8, 4) is 11.1 Å². The Morgan fingerprint density at radius 1 is 1.18 bits per heavy atom. The minimum atomic E-state index is 0.0603. The van der Waals surface area contributed by atoms with Crippen LogP contribution < -0.4 is 5.32 Å². The monoisotopic (exact) mass is 447 g/mol. The highest BCUT2D eigenvalue weighted by Gasteiger charge is 2.27. The number of carbonyl (C=O) groups is 1. The molecule has 1 fully saturated rings. The van der Waals surface area contributed by atoms with Crippen LogP contribution in [0.3, 0.4) is 0 Å². The minimum absolute atomic E-state index is 0.0603. The molecule has 5 nitrogen and oxygen atoms in total. The van der Waals surface area contributed by atoms with Crippen molar-refractivity contribution in [1.29, 1.82) is 0 Å². The van der Waals surface area contributed by atoms with Gasteiger partial charge in [-0.05, 0) is 49.1 Å². The number of allylic oxidation sites excluding steroid dienone is 1. The van der Waals surface area contributed by atoms with Crippen LogP contribution in [0.5, 0.6) is 0 Å². The Kier molecular flexibility index (Phi) is 9.28. The zero-order valence-electron chi connectivity index (χ0n) is 20.0. The number of likely N-dealkylation sites (tertiary alicyclic amines) is 1. The number of nitrogens with one attached hydrogen (secondary N) is 1. The lowest BCUT2D eigenvalue weighted by molar-refractivity contribution is -0.129. The Bertz CT molecular complexity index is 944. The normalized spacial score (nSPS) is 14.9. The average Bonchev–Trinajstić information content (AvgIpc) is 2.85. The third-order valence-electron chi connectivity index (χ3n) is 6.19. The number of aliphatic hydroxyl groups is 1. The van der Waals surface area contributed by atoms with Gasteiger partial charge in [0.2, 0.25) is 0 Å². The zero-order chi connectivity index (χ0) is 23.6. The summed E-state index contributed by atoms with van der Waals surface area (Å²) in [6, 6.07) is 17.3. The van der Waals surface area contributed by atoms with Gasteiger partial charge in [0.05, 0.1) is 6.61 Å². The lowest BCUT2D eigenvalue weighted by atomic mass is 9.98. The van der Waals surface area contributed by atoms with Gasteiger partial charge in [-0.2, -0.15) is 0 Å². The van der Waals surface area contributed by atoms with Gasteiger partial charge in [-0.1, -0.05) is 73.7 Å². The number of aliphatic hydroxyl groups excluding tert-OH is 1. The highest BCUT2D eigenvalue weighted by atomic mass is 16.3. The van der Waals surface area contributed by atoms with Crippen molar-refractivity contribution in [2.24, 2.45) is 0 Å². The molecule has 0 bridgehead atoms. The van der Waals surface area contributed by atoms with E-state index in [1.54, 1.807) is 6.20 Å². The number of hydrogen-bond donors (Lipinski definition) is 2. The van der Waals surface area contributed by atoms with Gasteiger partial charge in [0.25, 0.3) is 5.91 Å². The van der Waals surface area contributed by atoms with Crippen LogP contribution in [0.4, 0.5) is 0 Å². The van der Waals surface area contributed by atoms with Gasteiger partial charge >= 0.3 is 0 Å². The van der Waals surface area contributed by atoms with Crippen molar-refractivity contribution < 1.29 is 9.90 Å². The first-order valence-electron chi connectivity index (χ1n) is 11.9. The summed E-state index contributed by atoms with van der Waals surface area (Å²) in [7, 11) is 0. The molecule has 5 heteroatoms. The minimum Gasteiger partial charge on any atom is -0.395 e. The lowest BCUT2D eigenvalue weighted by Gasteiger charge is -2.35. The first-order chi connectivity index (χ1) is 16.1. The number of amides is 1. The molecule has 1 aliphatic rings. The Labute approximate surface area is 198 Å². The molecule has 2 aromatic carbocycles. The summed E-state index contributed by atoms with van der Waals surface area (Å²) < 4.78 is 0. The van der Waals surface area contributed by atoms with Crippen molar-refractivity contribution in [2.75, 3.05) is 26.2 Å². The second-order valence-electron chi connectivity index (χ2n) is 8.58. The maximum atomic E-state index is 13.5. The molecule has 0 unspecified atom stereocenters. The van der Waals surface area contributed by atoms with Gasteiger partial charge in [0.15, 0.2) is 0 Å². The van der Waals surface area contributed by atoms with Crippen molar-refractivity contribution in [3.63, 3.8) is 0 Å². The van der Waals surface area contributed by atoms with Gasteiger partial charge in [-0.3, -0.25) is 4.79 Å². The summed E-state index contributed by atoms with van der Waals surface area (Å²) in [5, 5.41) is 12.4. The van der Waals surface area contributed by atoms with E-state index in [1.807, 2.05) is 21.9 Å². The molecule has 0 atom stereocenters. The molecular formula is C28H37N3O2. The van der Waals surface area contributed by atoms with Gasteiger partial charge in [-0.25, -0.2) is 0 Å². The maximum Gasteiger partial charge on any atom is 0.270 e. The van der Waals surface area contributed by atoms with E-state index >= 15 is 0 Å². The number of hydrogen-bond acceptors (Lipinski definition) is 4. The first-order valence-corrected chi connectivity index (χ1v) is 11.9. The smallest absolute Gasteiger partial charge is 0.270 e. The van der Waals surface area contributed by atoms with Crippen LogP contribution in [0.1, 0.15) is 37.3 Å². The average molecular weight is 448 g/mol. The number of piperidine rings is 1. The molecule has 2 N–H and O–H groups in total. The highest BCUT2D eigenvalue weighted by Crippen LogP contribution is 2.27. The van der Waals surface area contributed by atoms with Crippen molar-refractivity contribution in [1.82, 2.24) is 15.1 Å². The summed E-state index contributed by atoms with van der Waals surface area (Å²) in [6.07, 6.45) is 6.35. The molecule has 1 heterocycles. The van der Waals surface area contributed by atoms with Crippen molar-refractivity contribution in [3.05, 3.63) is 84.2 Å².